The Morgan fingerprint density at radius 1 is 1.10 bits per heavy atom. The monoisotopic (exact) mass is 304 g/mol. The Hall–Kier alpha value is -1.66. The Labute approximate surface area is 129 Å². The second kappa shape index (κ2) is 6.41. The number of benzene rings is 1. The van der Waals surface area contributed by atoms with Gasteiger partial charge in [0.05, 0.1) is 11.7 Å². The van der Waals surface area contributed by atoms with E-state index in [0.717, 1.165) is 37.6 Å². The number of anilines is 1. The Bertz CT molecular complexity index is 576. The van der Waals surface area contributed by atoms with Gasteiger partial charge in [-0.15, -0.1) is 4.37 Å². The summed E-state index contributed by atoms with van der Waals surface area (Å²) in [5, 5.41) is 0. The summed E-state index contributed by atoms with van der Waals surface area (Å²) in [4.78, 5) is 4.58. The van der Waals surface area contributed by atoms with Gasteiger partial charge in [-0.1, -0.05) is 29.8 Å². The van der Waals surface area contributed by atoms with Crippen LogP contribution >= 0.6 is 11.7 Å². The van der Waals surface area contributed by atoms with Crippen LogP contribution in [0.4, 0.5) is 5.82 Å². The summed E-state index contributed by atoms with van der Waals surface area (Å²) in [5.74, 6) is 1.55. The number of nitrogens with zero attached hydrogens (tertiary/aromatic N) is 4. The summed E-state index contributed by atoms with van der Waals surface area (Å²) in [6.45, 7) is 6.67. The first kappa shape index (κ1) is 14.3. The van der Waals surface area contributed by atoms with E-state index in [2.05, 4.69) is 56.8 Å². The lowest BCUT2D eigenvalue weighted by Gasteiger charge is -2.32. The van der Waals surface area contributed by atoms with Gasteiger partial charge in [-0.2, -0.15) is 4.37 Å². The number of hydrogen-bond acceptors (Lipinski definition) is 6. The maximum atomic E-state index is 5.86. The van der Waals surface area contributed by atoms with Gasteiger partial charge in [-0.3, -0.25) is 0 Å². The van der Waals surface area contributed by atoms with Crippen LogP contribution in [0.5, 0.6) is 5.88 Å². The number of likely N-dealkylation sites (N-methyl/N-ethyl adjacent to an activating group) is 1. The Kier molecular flexibility index (Phi) is 4.36. The van der Waals surface area contributed by atoms with Gasteiger partial charge in [-0.05, 0) is 19.5 Å². The van der Waals surface area contributed by atoms with Gasteiger partial charge in [0.15, 0.2) is 0 Å². The molecule has 6 heteroatoms. The van der Waals surface area contributed by atoms with E-state index in [1.54, 1.807) is 0 Å². The number of piperazine rings is 1. The van der Waals surface area contributed by atoms with E-state index in [1.165, 1.54) is 17.3 Å². The van der Waals surface area contributed by atoms with Crippen LogP contribution < -0.4 is 9.64 Å². The third kappa shape index (κ3) is 3.51. The molecule has 2 aromatic rings. The van der Waals surface area contributed by atoms with Crippen molar-refractivity contribution in [2.45, 2.75) is 13.5 Å². The third-order valence-electron chi connectivity index (χ3n) is 3.74. The fourth-order valence-electron chi connectivity index (χ4n) is 2.31. The molecule has 1 saturated heterocycles. The van der Waals surface area contributed by atoms with Gasteiger partial charge in [-0.25, -0.2) is 0 Å². The van der Waals surface area contributed by atoms with E-state index < -0.39 is 0 Å². The highest BCUT2D eigenvalue weighted by molar-refractivity contribution is 6.99. The predicted octanol–water partition coefficient (Wildman–Crippen LogP) is 2.18. The molecule has 0 saturated carbocycles. The summed E-state index contributed by atoms with van der Waals surface area (Å²) in [7, 11) is 2.14. The number of aromatic nitrogens is 2. The summed E-state index contributed by atoms with van der Waals surface area (Å²) in [5.41, 5.74) is 2.41. The quantitative estimate of drug-likeness (QED) is 0.866. The summed E-state index contributed by atoms with van der Waals surface area (Å²) in [6, 6.07) is 8.37. The van der Waals surface area contributed by atoms with Crippen molar-refractivity contribution in [2.75, 3.05) is 38.1 Å². The van der Waals surface area contributed by atoms with Crippen LogP contribution in [0.15, 0.2) is 24.3 Å². The molecule has 1 aromatic heterocycles. The fourth-order valence-corrected chi connectivity index (χ4v) is 2.83. The highest BCUT2D eigenvalue weighted by Crippen LogP contribution is 2.27. The van der Waals surface area contributed by atoms with Crippen molar-refractivity contribution >= 4 is 17.5 Å². The minimum atomic E-state index is 0.534. The molecule has 1 aromatic carbocycles. The van der Waals surface area contributed by atoms with Crippen LogP contribution in [0.2, 0.25) is 0 Å². The van der Waals surface area contributed by atoms with Gasteiger partial charge < -0.3 is 14.5 Å². The zero-order valence-corrected chi connectivity index (χ0v) is 13.3. The number of ether oxygens (including phenoxy) is 1. The average molecular weight is 304 g/mol. The average Bonchev–Trinajstić information content (AvgIpc) is 2.96. The molecule has 2 heterocycles. The highest BCUT2D eigenvalue weighted by Gasteiger charge is 2.21. The Morgan fingerprint density at radius 2 is 1.81 bits per heavy atom. The second-order valence-corrected chi connectivity index (χ2v) is 5.99. The van der Waals surface area contributed by atoms with Crippen LogP contribution in [0.25, 0.3) is 0 Å². The lowest BCUT2D eigenvalue weighted by atomic mass is 10.2. The lowest BCUT2D eigenvalue weighted by Crippen LogP contribution is -2.44. The summed E-state index contributed by atoms with van der Waals surface area (Å²) >= 11 is 1.22. The van der Waals surface area contributed by atoms with Crippen molar-refractivity contribution in [3.8, 4) is 5.88 Å². The van der Waals surface area contributed by atoms with Gasteiger partial charge in [0.25, 0.3) is 5.88 Å². The normalized spacial score (nSPS) is 16.2. The first-order valence-corrected chi connectivity index (χ1v) is 7.90. The number of aryl methyl sites for hydroxylation is 1. The molecule has 1 aliphatic rings. The van der Waals surface area contributed by atoms with E-state index in [-0.39, 0.29) is 0 Å². The lowest BCUT2D eigenvalue weighted by molar-refractivity contribution is 0.289. The van der Waals surface area contributed by atoms with Crippen molar-refractivity contribution in [2.24, 2.45) is 0 Å². The molecule has 112 valence electrons. The molecule has 0 radical (unpaired) electrons. The molecule has 0 amide bonds. The number of hydrogen-bond donors (Lipinski definition) is 0. The maximum absolute atomic E-state index is 5.86. The molecular weight excluding hydrogens is 284 g/mol. The third-order valence-corrected chi connectivity index (χ3v) is 4.24. The molecule has 21 heavy (non-hydrogen) atoms. The zero-order valence-electron chi connectivity index (χ0n) is 12.5. The van der Waals surface area contributed by atoms with Crippen molar-refractivity contribution in [1.82, 2.24) is 13.6 Å². The second-order valence-electron chi connectivity index (χ2n) is 5.46. The van der Waals surface area contributed by atoms with Crippen molar-refractivity contribution in [3.05, 3.63) is 35.4 Å². The molecule has 1 aliphatic heterocycles. The Morgan fingerprint density at radius 3 is 2.52 bits per heavy atom. The van der Waals surface area contributed by atoms with E-state index >= 15 is 0 Å². The SMILES string of the molecule is Cc1ccc(COc2nsnc2N2CCN(C)CC2)cc1. The van der Waals surface area contributed by atoms with Gasteiger partial charge in [0.1, 0.15) is 6.61 Å². The standard InChI is InChI=1S/C15H20N4OS/c1-12-3-5-13(6-4-12)11-20-15-14(16-21-17-15)19-9-7-18(2)8-10-19/h3-6H,7-11H2,1-2H3. The van der Waals surface area contributed by atoms with Crippen LogP contribution in [-0.4, -0.2) is 46.9 Å². The molecular formula is C15H20N4OS. The Balaban J connectivity index is 1.64. The smallest absolute Gasteiger partial charge is 0.271 e. The minimum absolute atomic E-state index is 0.534. The van der Waals surface area contributed by atoms with Gasteiger partial charge in [0, 0.05) is 26.2 Å². The van der Waals surface area contributed by atoms with Crippen molar-refractivity contribution in [1.29, 1.82) is 0 Å². The first-order valence-electron chi connectivity index (χ1n) is 7.17. The van der Waals surface area contributed by atoms with E-state index in [9.17, 15) is 0 Å². The topological polar surface area (TPSA) is 41.5 Å². The van der Waals surface area contributed by atoms with E-state index in [4.69, 9.17) is 4.74 Å². The summed E-state index contributed by atoms with van der Waals surface area (Å²) in [6.07, 6.45) is 0. The van der Waals surface area contributed by atoms with Crippen LogP contribution in [0.3, 0.4) is 0 Å². The fraction of sp³-hybridized carbons (Fsp3) is 0.467. The molecule has 0 unspecified atom stereocenters. The highest BCUT2D eigenvalue weighted by atomic mass is 32.1. The summed E-state index contributed by atoms with van der Waals surface area (Å²) < 4.78 is 14.6. The predicted molar refractivity (Wildman–Crippen MR) is 85.1 cm³/mol. The minimum Gasteiger partial charge on any atom is -0.470 e. The number of rotatable bonds is 4. The van der Waals surface area contributed by atoms with E-state index in [0.29, 0.717) is 12.5 Å². The maximum Gasteiger partial charge on any atom is 0.271 e. The van der Waals surface area contributed by atoms with Crippen molar-refractivity contribution in [3.63, 3.8) is 0 Å². The molecule has 3 rings (SSSR count). The molecule has 0 atom stereocenters. The van der Waals surface area contributed by atoms with Crippen LogP contribution in [-0.2, 0) is 6.61 Å². The molecule has 0 spiro atoms. The molecule has 1 fully saturated rings. The van der Waals surface area contributed by atoms with E-state index in [1.807, 2.05) is 0 Å². The molecule has 0 bridgehead atoms. The largest absolute Gasteiger partial charge is 0.470 e. The van der Waals surface area contributed by atoms with Gasteiger partial charge >= 0.3 is 0 Å². The van der Waals surface area contributed by atoms with Crippen molar-refractivity contribution < 1.29 is 4.74 Å². The molecule has 5 nitrogen and oxygen atoms in total. The molecule has 0 N–H and O–H groups in total. The molecule has 0 aliphatic carbocycles. The first-order chi connectivity index (χ1) is 10.2. The van der Waals surface area contributed by atoms with Crippen LogP contribution in [0.1, 0.15) is 11.1 Å². The zero-order chi connectivity index (χ0) is 14.7. The van der Waals surface area contributed by atoms with Gasteiger partial charge in [0.2, 0.25) is 5.82 Å². The van der Waals surface area contributed by atoms with Crippen LogP contribution in [0, 0.1) is 6.92 Å².